The summed E-state index contributed by atoms with van der Waals surface area (Å²) in [6, 6.07) is 5.47. The van der Waals surface area contributed by atoms with Crippen molar-refractivity contribution in [3.63, 3.8) is 0 Å². The molecule has 1 aromatic carbocycles. The molecule has 0 spiro atoms. The second-order valence-corrected chi connectivity index (χ2v) is 4.28. The average molecular weight is 266 g/mol. The minimum atomic E-state index is -1.05. The highest BCUT2D eigenvalue weighted by molar-refractivity contribution is 5.92. The van der Waals surface area contributed by atoms with Crippen LogP contribution in [-0.2, 0) is 4.74 Å². The number of hydrogen-bond acceptors (Lipinski definition) is 4. The third kappa shape index (κ3) is 5.09. The Kier molecular flexibility index (Phi) is 6.02. The normalized spacial score (nSPS) is 11.9. The van der Waals surface area contributed by atoms with Crippen LogP contribution in [0.5, 0.6) is 0 Å². The number of carboxylic acids is 1. The molecule has 0 aliphatic heterocycles. The van der Waals surface area contributed by atoms with E-state index in [1.165, 1.54) is 24.3 Å². The van der Waals surface area contributed by atoms with Crippen LogP contribution in [0.2, 0.25) is 0 Å². The summed E-state index contributed by atoms with van der Waals surface area (Å²) >= 11 is 0. The number of carbonyl (C=O) groups excluding carboxylic acids is 1. The van der Waals surface area contributed by atoms with Crippen LogP contribution in [0, 0.1) is 0 Å². The highest BCUT2D eigenvalue weighted by Gasteiger charge is 2.11. The monoisotopic (exact) mass is 266 g/mol. The molecule has 0 radical (unpaired) electrons. The summed E-state index contributed by atoms with van der Waals surface area (Å²) in [5, 5.41) is 18.3. The number of aliphatic hydroxyl groups is 1. The lowest BCUT2D eigenvalue weighted by molar-refractivity contribution is 0.0233. The van der Waals surface area contributed by atoms with Gasteiger partial charge in [0.05, 0.1) is 17.2 Å². The number of ether oxygens (including phenoxy) is 1. The molecule has 5 nitrogen and oxygen atoms in total. The first kappa shape index (κ1) is 15.2. The molecule has 0 aliphatic carbocycles. The van der Waals surface area contributed by atoms with Crippen LogP contribution in [0.15, 0.2) is 24.3 Å². The lowest BCUT2D eigenvalue weighted by Crippen LogP contribution is -2.18. The topological polar surface area (TPSA) is 83.8 Å². The molecule has 0 saturated heterocycles. The van der Waals surface area contributed by atoms with Crippen LogP contribution >= 0.6 is 0 Å². The SMILES string of the molecule is CCCCC(O)COC(=O)c1ccc(C(=O)O)cc1. The van der Waals surface area contributed by atoms with Crippen molar-refractivity contribution < 1.29 is 24.5 Å². The van der Waals surface area contributed by atoms with Gasteiger partial charge in [0, 0.05) is 0 Å². The van der Waals surface area contributed by atoms with E-state index in [1.807, 2.05) is 6.92 Å². The molecule has 0 amide bonds. The summed E-state index contributed by atoms with van der Waals surface area (Å²) in [5.41, 5.74) is 0.382. The molecule has 104 valence electrons. The van der Waals surface area contributed by atoms with Crippen LogP contribution in [0.4, 0.5) is 0 Å². The molecule has 0 aliphatic rings. The summed E-state index contributed by atoms with van der Waals surface area (Å²) in [5.74, 6) is -1.61. The maximum atomic E-state index is 11.6. The van der Waals surface area contributed by atoms with E-state index in [2.05, 4.69) is 0 Å². The Morgan fingerprint density at radius 2 is 1.79 bits per heavy atom. The van der Waals surface area contributed by atoms with Crippen LogP contribution < -0.4 is 0 Å². The fourth-order valence-corrected chi connectivity index (χ4v) is 1.53. The number of carboxylic acid groups (broad SMARTS) is 1. The van der Waals surface area contributed by atoms with Gasteiger partial charge in [-0.15, -0.1) is 0 Å². The fourth-order valence-electron chi connectivity index (χ4n) is 1.53. The molecule has 0 heterocycles. The first-order chi connectivity index (χ1) is 9.04. The summed E-state index contributed by atoms with van der Waals surface area (Å²) in [4.78, 5) is 22.3. The Hall–Kier alpha value is -1.88. The van der Waals surface area contributed by atoms with Crippen molar-refractivity contribution in [2.24, 2.45) is 0 Å². The summed E-state index contributed by atoms with van der Waals surface area (Å²) < 4.78 is 4.95. The number of rotatable bonds is 7. The van der Waals surface area contributed by atoms with E-state index >= 15 is 0 Å². The number of esters is 1. The van der Waals surface area contributed by atoms with E-state index in [1.54, 1.807) is 0 Å². The Labute approximate surface area is 111 Å². The molecule has 1 aromatic rings. The highest BCUT2D eigenvalue weighted by atomic mass is 16.5. The third-order valence-corrected chi connectivity index (χ3v) is 2.67. The number of aliphatic hydroxyl groups excluding tert-OH is 1. The van der Waals surface area contributed by atoms with Crippen LogP contribution in [0.3, 0.4) is 0 Å². The van der Waals surface area contributed by atoms with Gasteiger partial charge in [-0.2, -0.15) is 0 Å². The quantitative estimate of drug-likeness (QED) is 0.738. The Morgan fingerprint density at radius 3 is 2.32 bits per heavy atom. The van der Waals surface area contributed by atoms with Gasteiger partial charge in [0.15, 0.2) is 0 Å². The summed E-state index contributed by atoms with van der Waals surface area (Å²) in [6.07, 6.45) is 1.80. The smallest absolute Gasteiger partial charge is 0.338 e. The van der Waals surface area contributed by atoms with Crippen molar-refractivity contribution in [1.82, 2.24) is 0 Å². The maximum absolute atomic E-state index is 11.6. The first-order valence-corrected chi connectivity index (χ1v) is 6.23. The molecule has 1 atom stereocenters. The van der Waals surface area contributed by atoms with Crippen molar-refractivity contribution in [2.45, 2.75) is 32.3 Å². The van der Waals surface area contributed by atoms with Crippen molar-refractivity contribution in [1.29, 1.82) is 0 Å². The maximum Gasteiger partial charge on any atom is 0.338 e. The van der Waals surface area contributed by atoms with Gasteiger partial charge in [0.25, 0.3) is 0 Å². The fraction of sp³-hybridized carbons (Fsp3) is 0.429. The highest BCUT2D eigenvalue weighted by Crippen LogP contribution is 2.07. The molecule has 0 fully saturated rings. The van der Waals surface area contributed by atoms with Gasteiger partial charge in [0.1, 0.15) is 6.61 Å². The van der Waals surface area contributed by atoms with Gasteiger partial charge in [-0.1, -0.05) is 19.8 Å². The molecule has 0 saturated carbocycles. The number of aromatic carboxylic acids is 1. The number of carbonyl (C=O) groups is 2. The zero-order valence-electron chi connectivity index (χ0n) is 10.8. The Balaban J connectivity index is 2.47. The summed E-state index contributed by atoms with van der Waals surface area (Å²) in [7, 11) is 0. The molecular formula is C14H18O5. The lowest BCUT2D eigenvalue weighted by Gasteiger charge is -2.10. The molecule has 2 N–H and O–H groups in total. The zero-order valence-corrected chi connectivity index (χ0v) is 10.8. The van der Waals surface area contributed by atoms with Crippen LogP contribution in [-0.4, -0.2) is 34.9 Å². The number of unbranched alkanes of at least 4 members (excludes halogenated alkanes) is 1. The van der Waals surface area contributed by atoms with Crippen molar-refractivity contribution >= 4 is 11.9 Å². The lowest BCUT2D eigenvalue weighted by atomic mass is 10.1. The van der Waals surface area contributed by atoms with Crippen molar-refractivity contribution in [2.75, 3.05) is 6.61 Å². The van der Waals surface area contributed by atoms with Gasteiger partial charge >= 0.3 is 11.9 Å². The zero-order chi connectivity index (χ0) is 14.3. The molecular weight excluding hydrogens is 248 g/mol. The average Bonchev–Trinajstić information content (AvgIpc) is 2.42. The predicted molar refractivity (Wildman–Crippen MR) is 69.2 cm³/mol. The number of benzene rings is 1. The van der Waals surface area contributed by atoms with E-state index in [0.29, 0.717) is 6.42 Å². The van der Waals surface area contributed by atoms with Gasteiger partial charge in [-0.05, 0) is 30.7 Å². The molecule has 0 aromatic heterocycles. The minimum Gasteiger partial charge on any atom is -0.478 e. The molecule has 5 heteroatoms. The van der Waals surface area contributed by atoms with Gasteiger partial charge in [-0.25, -0.2) is 9.59 Å². The second-order valence-electron chi connectivity index (χ2n) is 4.28. The van der Waals surface area contributed by atoms with E-state index in [4.69, 9.17) is 9.84 Å². The minimum absolute atomic E-state index is 0.0421. The third-order valence-electron chi connectivity index (χ3n) is 2.67. The standard InChI is InChI=1S/C14H18O5/c1-2-3-4-12(15)9-19-14(18)11-7-5-10(6-8-11)13(16)17/h5-8,12,15H,2-4,9H2,1H3,(H,16,17). The van der Waals surface area contributed by atoms with E-state index in [9.17, 15) is 14.7 Å². The largest absolute Gasteiger partial charge is 0.478 e. The van der Waals surface area contributed by atoms with Crippen molar-refractivity contribution in [3.8, 4) is 0 Å². The van der Waals surface area contributed by atoms with Crippen molar-refractivity contribution in [3.05, 3.63) is 35.4 Å². The molecule has 1 unspecified atom stereocenters. The van der Waals surface area contributed by atoms with Gasteiger partial charge in [0.2, 0.25) is 0 Å². The predicted octanol–water partition coefficient (Wildman–Crippen LogP) is 2.09. The second kappa shape index (κ2) is 7.53. The Bertz CT molecular complexity index is 424. The van der Waals surface area contributed by atoms with Gasteiger partial charge < -0.3 is 14.9 Å². The van der Waals surface area contributed by atoms with E-state index < -0.39 is 18.0 Å². The van der Waals surface area contributed by atoms with Gasteiger partial charge in [-0.3, -0.25) is 0 Å². The summed E-state index contributed by atoms with van der Waals surface area (Å²) in [6.45, 7) is 1.97. The van der Waals surface area contributed by atoms with E-state index in [-0.39, 0.29) is 17.7 Å². The number of hydrogen-bond donors (Lipinski definition) is 2. The Morgan fingerprint density at radius 1 is 1.21 bits per heavy atom. The van der Waals surface area contributed by atoms with Crippen LogP contribution in [0.1, 0.15) is 46.9 Å². The first-order valence-electron chi connectivity index (χ1n) is 6.23. The molecule has 0 bridgehead atoms. The molecule has 19 heavy (non-hydrogen) atoms. The molecule has 1 rings (SSSR count). The van der Waals surface area contributed by atoms with E-state index in [0.717, 1.165) is 12.8 Å². The van der Waals surface area contributed by atoms with Crippen LogP contribution in [0.25, 0.3) is 0 Å².